The molecule has 0 saturated heterocycles. The molecular formula is C20H18ClN3O6S. The number of halogens is 1. The van der Waals surface area contributed by atoms with Crippen molar-refractivity contribution < 1.29 is 24.0 Å². The summed E-state index contributed by atoms with van der Waals surface area (Å²) in [5.74, 6) is -0.741. The van der Waals surface area contributed by atoms with E-state index in [0.717, 1.165) is 10.8 Å². The Morgan fingerprint density at radius 3 is 2.68 bits per heavy atom. The highest BCUT2D eigenvalue weighted by Crippen LogP contribution is 2.28. The van der Waals surface area contributed by atoms with Crippen LogP contribution >= 0.6 is 22.9 Å². The van der Waals surface area contributed by atoms with Crippen LogP contribution in [0.4, 0.5) is 5.69 Å². The van der Waals surface area contributed by atoms with Gasteiger partial charge in [0.2, 0.25) is 0 Å². The molecule has 0 atom stereocenters. The number of rotatable bonds is 7. The van der Waals surface area contributed by atoms with Gasteiger partial charge in [-0.1, -0.05) is 29.0 Å². The zero-order chi connectivity index (χ0) is 22.5. The fourth-order valence-electron chi connectivity index (χ4n) is 2.88. The van der Waals surface area contributed by atoms with Gasteiger partial charge in [0.1, 0.15) is 17.8 Å². The maximum Gasteiger partial charge on any atom is 0.326 e. The molecular weight excluding hydrogens is 446 g/mol. The van der Waals surface area contributed by atoms with Crippen molar-refractivity contribution in [2.45, 2.75) is 20.4 Å². The standard InChI is InChI=1S/C20H18ClN3O6S/c1-3-29-15-6-5-7-16-18(15)23(11-17(25)30-4-2)20(31-16)22-19(26)13-10-12(24(27)28)8-9-14(13)21/h5-10H,3-4,11H2,1-2H3. The lowest BCUT2D eigenvalue weighted by atomic mass is 10.2. The number of non-ortho nitro benzene ring substituents is 1. The number of benzene rings is 2. The number of hydrogen-bond donors (Lipinski definition) is 0. The second-order valence-corrected chi connectivity index (χ2v) is 7.57. The maximum absolute atomic E-state index is 12.8. The van der Waals surface area contributed by atoms with E-state index in [1.165, 1.54) is 28.0 Å². The van der Waals surface area contributed by atoms with Crippen molar-refractivity contribution in [3.63, 3.8) is 0 Å². The van der Waals surface area contributed by atoms with E-state index in [4.69, 9.17) is 21.1 Å². The maximum atomic E-state index is 12.8. The van der Waals surface area contributed by atoms with Crippen LogP contribution in [0.5, 0.6) is 5.75 Å². The molecule has 0 radical (unpaired) electrons. The number of thiazole rings is 1. The molecule has 0 aliphatic rings. The molecule has 31 heavy (non-hydrogen) atoms. The summed E-state index contributed by atoms with van der Waals surface area (Å²) >= 11 is 7.25. The van der Waals surface area contributed by atoms with Crippen LogP contribution in [0.2, 0.25) is 5.02 Å². The molecule has 162 valence electrons. The Morgan fingerprint density at radius 1 is 1.23 bits per heavy atom. The van der Waals surface area contributed by atoms with Crippen molar-refractivity contribution >= 4 is 50.7 Å². The largest absolute Gasteiger partial charge is 0.492 e. The first-order valence-electron chi connectivity index (χ1n) is 9.29. The van der Waals surface area contributed by atoms with E-state index in [2.05, 4.69) is 4.99 Å². The van der Waals surface area contributed by atoms with Crippen LogP contribution < -0.4 is 9.54 Å². The lowest BCUT2D eigenvalue weighted by Crippen LogP contribution is -2.23. The fourth-order valence-corrected chi connectivity index (χ4v) is 4.12. The monoisotopic (exact) mass is 463 g/mol. The van der Waals surface area contributed by atoms with E-state index < -0.39 is 16.8 Å². The minimum Gasteiger partial charge on any atom is -0.492 e. The number of para-hydroxylation sites is 1. The Morgan fingerprint density at radius 2 is 2.00 bits per heavy atom. The number of nitro groups is 1. The van der Waals surface area contributed by atoms with Gasteiger partial charge in [-0.15, -0.1) is 0 Å². The zero-order valence-corrected chi connectivity index (χ0v) is 18.2. The van der Waals surface area contributed by atoms with Crippen molar-refractivity contribution in [3.05, 3.63) is 61.9 Å². The summed E-state index contributed by atoms with van der Waals surface area (Å²) in [6.07, 6.45) is 0. The summed E-state index contributed by atoms with van der Waals surface area (Å²) in [6, 6.07) is 8.91. The van der Waals surface area contributed by atoms with Gasteiger partial charge in [0.25, 0.3) is 11.6 Å². The van der Waals surface area contributed by atoms with E-state index in [0.29, 0.717) is 17.9 Å². The van der Waals surface area contributed by atoms with Gasteiger partial charge in [-0.2, -0.15) is 4.99 Å². The highest BCUT2D eigenvalue weighted by Gasteiger charge is 2.19. The average molecular weight is 464 g/mol. The first kappa shape index (κ1) is 22.4. The molecule has 0 saturated carbocycles. The van der Waals surface area contributed by atoms with Gasteiger partial charge >= 0.3 is 5.97 Å². The number of aromatic nitrogens is 1. The zero-order valence-electron chi connectivity index (χ0n) is 16.7. The molecule has 0 aliphatic carbocycles. The number of carbonyl (C=O) groups excluding carboxylic acids is 2. The van der Waals surface area contributed by atoms with E-state index in [1.807, 2.05) is 13.0 Å². The van der Waals surface area contributed by atoms with Gasteiger partial charge in [-0.25, -0.2) is 0 Å². The Kier molecular flexibility index (Phi) is 7.03. The third-order valence-corrected chi connectivity index (χ3v) is 5.52. The van der Waals surface area contributed by atoms with Gasteiger partial charge in [0.05, 0.1) is 33.4 Å². The van der Waals surface area contributed by atoms with E-state index in [1.54, 1.807) is 19.1 Å². The molecule has 0 N–H and O–H groups in total. The fraction of sp³-hybridized carbons (Fsp3) is 0.250. The molecule has 0 fully saturated rings. The van der Waals surface area contributed by atoms with E-state index in [-0.39, 0.29) is 34.2 Å². The molecule has 0 unspecified atom stereocenters. The minimum absolute atomic E-state index is 0.0346. The van der Waals surface area contributed by atoms with Crippen molar-refractivity contribution in [2.24, 2.45) is 4.99 Å². The Hall–Kier alpha value is -3.24. The first-order valence-corrected chi connectivity index (χ1v) is 10.5. The summed E-state index contributed by atoms with van der Waals surface area (Å²) in [5, 5.41) is 11.1. The number of nitrogens with zero attached hydrogens (tertiary/aromatic N) is 3. The van der Waals surface area contributed by atoms with Gasteiger partial charge in [0, 0.05) is 12.1 Å². The second kappa shape index (κ2) is 9.71. The normalized spacial score (nSPS) is 11.5. The molecule has 2 aromatic carbocycles. The van der Waals surface area contributed by atoms with Crippen molar-refractivity contribution in [3.8, 4) is 5.75 Å². The van der Waals surface area contributed by atoms with Crippen LogP contribution in [0.1, 0.15) is 24.2 Å². The predicted octanol–water partition coefficient (Wildman–Crippen LogP) is 3.97. The summed E-state index contributed by atoms with van der Waals surface area (Å²) < 4.78 is 13.0. The SMILES string of the molecule is CCOC(=O)Cn1c(=NC(=O)c2cc([N+](=O)[O-])ccc2Cl)sc2cccc(OCC)c21. The van der Waals surface area contributed by atoms with Gasteiger partial charge < -0.3 is 14.0 Å². The number of hydrogen-bond acceptors (Lipinski definition) is 7. The lowest BCUT2D eigenvalue weighted by molar-refractivity contribution is -0.384. The highest BCUT2D eigenvalue weighted by atomic mass is 35.5. The third kappa shape index (κ3) is 4.92. The number of nitro benzene ring substituents is 1. The van der Waals surface area contributed by atoms with Crippen LogP contribution in [-0.4, -0.2) is 34.6 Å². The number of carbonyl (C=O) groups is 2. The quantitative estimate of drug-likeness (QED) is 0.297. The minimum atomic E-state index is -0.768. The number of ether oxygens (including phenoxy) is 2. The van der Waals surface area contributed by atoms with Crippen LogP contribution in [-0.2, 0) is 16.1 Å². The Labute approximate surface area is 185 Å². The van der Waals surface area contributed by atoms with Crippen LogP contribution in [0.3, 0.4) is 0 Å². The van der Waals surface area contributed by atoms with Crippen LogP contribution in [0, 0.1) is 10.1 Å². The molecule has 1 heterocycles. The lowest BCUT2D eigenvalue weighted by Gasteiger charge is -2.09. The van der Waals surface area contributed by atoms with Crippen molar-refractivity contribution in [1.29, 1.82) is 0 Å². The van der Waals surface area contributed by atoms with E-state index in [9.17, 15) is 19.7 Å². The van der Waals surface area contributed by atoms with Crippen LogP contribution in [0.15, 0.2) is 41.4 Å². The van der Waals surface area contributed by atoms with Gasteiger partial charge in [0.15, 0.2) is 4.80 Å². The first-order chi connectivity index (χ1) is 14.8. The second-order valence-electron chi connectivity index (χ2n) is 6.15. The number of fused-ring (bicyclic) bond motifs is 1. The van der Waals surface area contributed by atoms with Gasteiger partial charge in [-0.3, -0.25) is 19.7 Å². The molecule has 0 spiro atoms. The predicted molar refractivity (Wildman–Crippen MR) is 116 cm³/mol. The Balaban J connectivity index is 2.19. The average Bonchev–Trinajstić information content (AvgIpc) is 3.06. The Bertz CT molecular complexity index is 1230. The molecule has 9 nitrogen and oxygen atoms in total. The van der Waals surface area contributed by atoms with Crippen LogP contribution in [0.25, 0.3) is 10.2 Å². The summed E-state index contributed by atoms with van der Waals surface area (Å²) in [5.41, 5.74) is 0.206. The van der Waals surface area contributed by atoms with Crippen molar-refractivity contribution in [2.75, 3.05) is 13.2 Å². The molecule has 1 aromatic heterocycles. The van der Waals surface area contributed by atoms with Crippen molar-refractivity contribution in [1.82, 2.24) is 4.57 Å². The number of amides is 1. The molecule has 0 aliphatic heterocycles. The molecule has 3 rings (SSSR count). The molecule has 3 aromatic rings. The van der Waals surface area contributed by atoms with Gasteiger partial charge in [-0.05, 0) is 32.0 Å². The molecule has 11 heteroatoms. The summed E-state index contributed by atoms with van der Waals surface area (Å²) in [4.78, 5) is 39.8. The van der Waals surface area contributed by atoms with E-state index >= 15 is 0 Å². The topological polar surface area (TPSA) is 113 Å². The number of esters is 1. The molecule has 0 bridgehead atoms. The summed E-state index contributed by atoms with van der Waals surface area (Å²) in [6.45, 7) is 3.95. The summed E-state index contributed by atoms with van der Waals surface area (Å²) in [7, 11) is 0. The molecule has 1 amide bonds. The third-order valence-electron chi connectivity index (χ3n) is 4.14. The highest BCUT2D eigenvalue weighted by molar-refractivity contribution is 7.16. The smallest absolute Gasteiger partial charge is 0.326 e.